The molecule has 2 fully saturated rings. The molecule has 1 saturated heterocycles. The summed E-state index contributed by atoms with van der Waals surface area (Å²) in [6, 6.07) is 0.805. The molecule has 0 atom stereocenters. The molecule has 0 spiro atoms. The van der Waals surface area contributed by atoms with Crippen molar-refractivity contribution in [2.75, 3.05) is 33.3 Å². The summed E-state index contributed by atoms with van der Waals surface area (Å²) >= 11 is 0. The number of ether oxygens (including phenoxy) is 1. The summed E-state index contributed by atoms with van der Waals surface area (Å²) < 4.78 is 6.01. The van der Waals surface area contributed by atoms with E-state index in [9.17, 15) is 0 Å². The van der Waals surface area contributed by atoms with E-state index in [-0.39, 0.29) is 0 Å². The van der Waals surface area contributed by atoms with Crippen molar-refractivity contribution in [1.82, 2.24) is 10.2 Å². The van der Waals surface area contributed by atoms with E-state index in [0.29, 0.717) is 6.10 Å². The van der Waals surface area contributed by atoms with Gasteiger partial charge >= 0.3 is 0 Å². The third-order valence-corrected chi connectivity index (χ3v) is 5.10. The van der Waals surface area contributed by atoms with Crippen LogP contribution in [0.1, 0.15) is 51.9 Å². The Hall–Kier alpha value is -0.120. The minimum absolute atomic E-state index is 0.505. The largest absolute Gasteiger partial charge is 0.377 e. The first-order chi connectivity index (χ1) is 9.29. The molecule has 0 unspecified atom stereocenters. The topological polar surface area (TPSA) is 24.5 Å². The van der Waals surface area contributed by atoms with Crippen LogP contribution in [0.15, 0.2) is 0 Å². The van der Waals surface area contributed by atoms with Crippen molar-refractivity contribution in [2.24, 2.45) is 5.92 Å². The molecule has 1 aliphatic carbocycles. The summed E-state index contributed by atoms with van der Waals surface area (Å²) in [6.45, 7) is 6.60. The SMILES string of the molecule is CCC1CCC(N(C)CCOC2CCNCC2)CC1. The van der Waals surface area contributed by atoms with E-state index in [2.05, 4.69) is 24.2 Å². The molecule has 2 rings (SSSR count). The summed E-state index contributed by atoms with van der Waals surface area (Å²) in [7, 11) is 2.28. The molecule has 3 nitrogen and oxygen atoms in total. The smallest absolute Gasteiger partial charge is 0.0600 e. The molecule has 112 valence electrons. The Bertz CT molecular complexity index is 233. The fraction of sp³-hybridized carbons (Fsp3) is 1.00. The van der Waals surface area contributed by atoms with E-state index < -0.39 is 0 Å². The van der Waals surface area contributed by atoms with Gasteiger partial charge in [-0.1, -0.05) is 13.3 Å². The highest BCUT2D eigenvalue weighted by molar-refractivity contribution is 4.77. The second-order valence-corrected chi connectivity index (χ2v) is 6.38. The van der Waals surface area contributed by atoms with Crippen LogP contribution in [-0.2, 0) is 4.74 Å². The summed E-state index contributed by atoms with van der Waals surface area (Å²) in [5, 5.41) is 3.38. The third-order valence-electron chi connectivity index (χ3n) is 5.10. The summed E-state index contributed by atoms with van der Waals surface area (Å²) in [6.07, 6.45) is 9.89. The monoisotopic (exact) mass is 268 g/mol. The number of nitrogens with zero attached hydrogens (tertiary/aromatic N) is 1. The van der Waals surface area contributed by atoms with Gasteiger partial charge in [0.15, 0.2) is 0 Å². The number of piperidine rings is 1. The Balaban J connectivity index is 1.57. The molecule has 2 aliphatic rings. The highest BCUT2D eigenvalue weighted by Crippen LogP contribution is 2.28. The van der Waals surface area contributed by atoms with Crippen LogP contribution in [0.25, 0.3) is 0 Å². The van der Waals surface area contributed by atoms with Crippen LogP contribution >= 0.6 is 0 Å². The Morgan fingerprint density at radius 1 is 1.05 bits per heavy atom. The lowest BCUT2D eigenvalue weighted by Crippen LogP contribution is -2.38. The molecule has 0 aromatic carbocycles. The van der Waals surface area contributed by atoms with Crippen LogP contribution < -0.4 is 5.32 Å². The summed E-state index contributed by atoms with van der Waals surface area (Å²) in [5.41, 5.74) is 0. The van der Waals surface area contributed by atoms with Crippen LogP contribution in [0.4, 0.5) is 0 Å². The number of likely N-dealkylation sites (N-methyl/N-ethyl adjacent to an activating group) is 1. The lowest BCUT2D eigenvalue weighted by Gasteiger charge is -2.34. The van der Waals surface area contributed by atoms with Gasteiger partial charge in [-0.3, -0.25) is 0 Å². The molecule has 1 heterocycles. The maximum absolute atomic E-state index is 6.01. The second kappa shape index (κ2) is 8.23. The van der Waals surface area contributed by atoms with Crippen molar-refractivity contribution in [3.8, 4) is 0 Å². The van der Waals surface area contributed by atoms with Gasteiger partial charge in [0.05, 0.1) is 12.7 Å². The van der Waals surface area contributed by atoms with Crippen molar-refractivity contribution >= 4 is 0 Å². The molecule has 0 amide bonds. The quantitative estimate of drug-likeness (QED) is 0.801. The van der Waals surface area contributed by atoms with E-state index >= 15 is 0 Å². The second-order valence-electron chi connectivity index (χ2n) is 6.38. The van der Waals surface area contributed by atoms with Crippen molar-refractivity contribution < 1.29 is 4.74 Å². The number of rotatable bonds is 6. The Morgan fingerprint density at radius 2 is 1.74 bits per heavy atom. The summed E-state index contributed by atoms with van der Waals surface area (Å²) in [5.74, 6) is 0.996. The van der Waals surface area contributed by atoms with Crippen molar-refractivity contribution in [1.29, 1.82) is 0 Å². The number of nitrogens with one attached hydrogen (secondary N) is 1. The number of hydrogen-bond donors (Lipinski definition) is 1. The molecule has 0 aromatic heterocycles. The van der Waals surface area contributed by atoms with Crippen molar-refractivity contribution in [3.05, 3.63) is 0 Å². The average Bonchev–Trinajstić information content (AvgIpc) is 2.48. The highest BCUT2D eigenvalue weighted by Gasteiger charge is 2.23. The maximum atomic E-state index is 6.01. The molecule has 19 heavy (non-hydrogen) atoms. The molecule has 1 saturated carbocycles. The maximum Gasteiger partial charge on any atom is 0.0600 e. The highest BCUT2D eigenvalue weighted by atomic mass is 16.5. The minimum Gasteiger partial charge on any atom is -0.377 e. The standard InChI is InChI=1S/C16H32N2O/c1-3-14-4-6-15(7-5-14)18(2)12-13-19-16-8-10-17-11-9-16/h14-17H,3-13H2,1-2H3. The first kappa shape index (κ1) is 15.3. The van der Waals surface area contributed by atoms with Gasteiger partial charge in [-0.15, -0.1) is 0 Å². The molecular formula is C16H32N2O. The fourth-order valence-corrected chi connectivity index (χ4v) is 3.50. The third kappa shape index (κ3) is 5.05. The first-order valence-corrected chi connectivity index (χ1v) is 8.32. The Labute approximate surface area is 119 Å². The molecule has 0 aromatic rings. The van der Waals surface area contributed by atoms with E-state index in [4.69, 9.17) is 4.74 Å². The van der Waals surface area contributed by atoms with Crippen LogP contribution in [0.2, 0.25) is 0 Å². The molecule has 3 heteroatoms. The minimum atomic E-state index is 0.505. The van der Waals surface area contributed by atoms with Gasteiger partial charge in [-0.25, -0.2) is 0 Å². The molecule has 1 aliphatic heterocycles. The van der Waals surface area contributed by atoms with Crippen LogP contribution in [0.3, 0.4) is 0 Å². The molecular weight excluding hydrogens is 236 g/mol. The van der Waals surface area contributed by atoms with Gasteiger partial charge in [-0.05, 0) is 64.6 Å². The van der Waals surface area contributed by atoms with Crippen molar-refractivity contribution in [3.63, 3.8) is 0 Å². The normalized spacial score (nSPS) is 29.8. The fourth-order valence-electron chi connectivity index (χ4n) is 3.50. The van der Waals surface area contributed by atoms with Gasteiger partial charge in [0, 0.05) is 12.6 Å². The van der Waals surface area contributed by atoms with E-state index in [1.165, 1.54) is 44.9 Å². The zero-order valence-corrected chi connectivity index (χ0v) is 12.9. The van der Waals surface area contributed by atoms with Gasteiger partial charge < -0.3 is 15.0 Å². The van der Waals surface area contributed by atoms with E-state index in [1.54, 1.807) is 0 Å². The van der Waals surface area contributed by atoms with Gasteiger partial charge in [0.2, 0.25) is 0 Å². The lowest BCUT2D eigenvalue weighted by molar-refractivity contribution is 0.0147. The van der Waals surface area contributed by atoms with Crippen molar-refractivity contribution in [2.45, 2.75) is 64.0 Å². The lowest BCUT2D eigenvalue weighted by atomic mass is 9.84. The Morgan fingerprint density at radius 3 is 2.37 bits per heavy atom. The Kier molecular flexibility index (Phi) is 6.62. The van der Waals surface area contributed by atoms with E-state index in [0.717, 1.165) is 38.2 Å². The number of hydrogen-bond acceptors (Lipinski definition) is 3. The predicted molar refractivity (Wildman–Crippen MR) is 80.5 cm³/mol. The summed E-state index contributed by atoms with van der Waals surface area (Å²) in [4.78, 5) is 2.53. The van der Waals surface area contributed by atoms with Crippen LogP contribution in [-0.4, -0.2) is 50.3 Å². The van der Waals surface area contributed by atoms with E-state index in [1.807, 2.05) is 0 Å². The zero-order valence-electron chi connectivity index (χ0n) is 12.9. The average molecular weight is 268 g/mol. The van der Waals surface area contributed by atoms with Gasteiger partial charge in [-0.2, -0.15) is 0 Å². The molecule has 1 N–H and O–H groups in total. The first-order valence-electron chi connectivity index (χ1n) is 8.32. The predicted octanol–water partition coefficient (Wildman–Crippen LogP) is 2.66. The van der Waals surface area contributed by atoms with Crippen LogP contribution in [0.5, 0.6) is 0 Å². The molecule has 0 bridgehead atoms. The molecule has 0 radical (unpaired) electrons. The zero-order chi connectivity index (χ0) is 13.5. The van der Waals surface area contributed by atoms with Gasteiger partial charge in [0.25, 0.3) is 0 Å². The van der Waals surface area contributed by atoms with Crippen LogP contribution in [0, 0.1) is 5.92 Å². The van der Waals surface area contributed by atoms with Gasteiger partial charge in [0.1, 0.15) is 0 Å².